The fourth-order valence-corrected chi connectivity index (χ4v) is 6.58. The number of para-hydroxylation sites is 1. The molecule has 2 fully saturated rings. The van der Waals surface area contributed by atoms with Gasteiger partial charge in [0.05, 0.1) is 24.7 Å². The smallest absolute Gasteiger partial charge is 0.233 e. The normalized spacial score (nSPS) is 27.2. The number of phenolic OH excluding ortho intramolecular Hbond substituents is 1. The van der Waals surface area contributed by atoms with Crippen LogP contribution in [-0.2, 0) is 9.53 Å². The summed E-state index contributed by atoms with van der Waals surface area (Å²) >= 11 is 0. The first kappa shape index (κ1) is 30.9. The summed E-state index contributed by atoms with van der Waals surface area (Å²) in [6.45, 7) is -0.550. The van der Waals surface area contributed by atoms with Crippen molar-refractivity contribution in [1.82, 2.24) is 0 Å². The first-order valence-corrected chi connectivity index (χ1v) is 15.1. The van der Waals surface area contributed by atoms with E-state index in [2.05, 4.69) is 0 Å². The van der Waals surface area contributed by atoms with E-state index in [0.717, 1.165) is 16.8 Å². The van der Waals surface area contributed by atoms with Gasteiger partial charge in [-0.1, -0.05) is 84.9 Å². The molecule has 2 aliphatic heterocycles. The number of aliphatic hydroxyl groups is 5. The number of aliphatic hydroxyl groups excluding tert-OH is 5. The summed E-state index contributed by atoms with van der Waals surface area (Å²) in [5.74, 6) is -0.516. The second kappa shape index (κ2) is 13.1. The van der Waals surface area contributed by atoms with E-state index in [1.165, 1.54) is 0 Å². The van der Waals surface area contributed by atoms with Crippen molar-refractivity contribution in [1.29, 1.82) is 0 Å². The van der Waals surface area contributed by atoms with Crippen molar-refractivity contribution in [3.8, 4) is 16.9 Å². The fourth-order valence-electron chi connectivity index (χ4n) is 6.58. The molecule has 0 aliphatic carbocycles. The molecule has 9 nitrogen and oxygen atoms in total. The summed E-state index contributed by atoms with van der Waals surface area (Å²) in [5.41, 5.74) is 3.71. The topological polar surface area (TPSA) is 151 Å². The number of phenols is 1. The molecule has 6 N–H and O–H groups in total. The van der Waals surface area contributed by atoms with Crippen LogP contribution in [0.3, 0.4) is 0 Å². The van der Waals surface area contributed by atoms with Crippen LogP contribution in [0, 0.1) is 5.92 Å². The maximum Gasteiger partial charge on any atom is 0.233 e. The lowest BCUT2D eigenvalue weighted by molar-refractivity contribution is -0.231. The molecule has 2 saturated heterocycles. The zero-order chi connectivity index (χ0) is 31.7. The zero-order valence-electron chi connectivity index (χ0n) is 24.5. The lowest BCUT2D eigenvalue weighted by atomic mass is 9.77. The van der Waals surface area contributed by atoms with Crippen LogP contribution in [0.4, 0.5) is 5.69 Å². The molecule has 0 unspecified atom stereocenters. The van der Waals surface area contributed by atoms with E-state index in [-0.39, 0.29) is 17.7 Å². The number of anilines is 1. The van der Waals surface area contributed by atoms with E-state index in [0.29, 0.717) is 29.5 Å². The molecule has 2 heterocycles. The summed E-state index contributed by atoms with van der Waals surface area (Å²) in [4.78, 5) is 15.2. The largest absolute Gasteiger partial charge is 0.507 e. The molecule has 1 amide bonds. The Hall–Kier alpha value is -4.09. The number of hydrogen-bond acceptors (Lipinski definition) is 8. The highest BCUT2D eigenvalue weighted by Gasteiger charge is 2.49. The number of carbonyl (C=O) groups is 1. The van der Waals surface area contributed by atoms with Crippen LogP contribution in [0.2, 0.25) is 0 Å². The molecular weight excluding hydrogens is 574 g/mol. The Morgan fingerprint density at radius 3 is 2.13 bits per heavy atom. The highest BCUT2D eigenvalue weighted by atomic mass is 16.5. The number of benzene rings is 4. The number of nitrogens with zero attached hydrogens (tertiary/aromatic N) is 1. The van der Waals surface area contributed by atoms with Gasteiger partial charge < -0.3 is 40.3 Å². The van der Waals surface area contributed by atoms with Gasteiger partial charge in [-0.2, -0.15) is 0 Å². The Kier molecular flexibility index (Phi) is 9.00. The van der Waals surface area contributed by atoms with Gasteiger partial charge in [0.25, 0.3) is 0 Å². The van der Waals surface area contributed by atoms with Gasteiger partial charge in [-0.25, -0.2) is 0 Å². The average Bonchev–Trinajstić information content (AvgIpc) is 3.07. The van der Waals surface area contributed by atoms with Gasteiger partial charge in [0, 0.05) is 11.3 Å². The molecule has 9 heteroatoms. The molecule has 0 aromatic heterocycles. The molecule has 8 atom stereocenters. The molecule has 0 radical (unpaired) electrons. The maximum atomic E-state index is 13.5. The Morgan fingerprint density at radius 1 is 0.778 bits per heavy atom. The fraction of sp³-hybridized carbons (Fsp3) is 0.306. The Balaban J connectivity index is 1.31. The third-order valence-corrected chi connectivity index (χ3v) is 9.00. The number of aromatic hydroxyl groups is 1. The zero-order valence-corrected chi connectivity index (χ0v) is 24.5. The average molecular weight is 612 g/mol. The van der Waals surface area contributed by atoms with Crippen molar-refractivity contribution < 1.29 is 40.2 Å². The SMILES string of the molecule is O=C1[C@H](CC[C@H](O)c2ccccc2)[C@@H](c2ccc(-c3ccccc3[C@@H]3O[C@H](CO)[C@@H](O)[C@H](O)[C@H]3O)c(O)c2)N1c1ccccc1. The Labute approximate surface area is 261 Å². The Bertz CT molecular complexity index is 1610. The van der Waals surface area contributed by atoms with E-state index >= 15 is 0 Å². The van der Waals surface area contributed by atoms with Crippen LogP contribution in [-0.4, -0.2) is 67.6 Å². The van der Waals surface area contributed by atoms with Gasteiger partial charge >= 0.3 is 0 Å². The molecule has 4 aromatic rings. The molecule has 0 spiro atoms. The third kappa shape index (κ3) is 5.86. The summed E-state index contributed by atoms with van der Waals surface area (Å²) in [6.07, 6.45) is -6.51. The van der Waals surface area contributed by atoms with Crippen molar-refractivity contribution in [3.63, 3.8) is 0 Å². The van der Waals surface area contributed by atoms with Crippen molar-refractivity contribution in [2.75, 3.05) is 11.5 Å². The minimum atomic E-state index is -1.54. The second-order valence-electron chi connectivity index (χ2n) is 11.7. The summed E-state index contributed by atoms with van der Waals surface area (Å²) in [7, 11) is 0. The van der Waals surface area contributed by atoms with Gasteiger partial charge in [-0.05, 0) is 53.3 Å². The van der Waals surface area contributed by atoms with E-state index < -0.39 is 49.1 Å². The number of amides is 1. The van der Waals surface area contributed by atoms with Crippen LogP contribution in [0.5, 0.6) is 5.75 Å². The van der Waals surface area contributed by atoms with Crippen LogP contribution in [0.15, 0.2) is 103 Å². The minimum Gasteiger partial charge on any atom is -0.507 e. The van der Waals surface area contributed by atoms with Gasteiger partial charge in [0.15, 0.2) is 0 Å². The van der Waals surface area contributed by atoms with Crippen LogP contribution >= 0.6 is 0 Å². The number of rotatable bonds is 9. The second-order valence-corrected chi connectivity index (χ2v) is 11.7. The third-order valence-electron chi connectivity index (χ3n) is 9.00. The van der Waals surface area contributed by atoms with E-state index in [9.17, 15) is 35.4 Å². The quantitative estimate of drug-likeness (QED) is 0.157. The molecule has 0 bridgehead atoms. The Morgan fingerprint density at radius 2 is 1.44 bits per heavy atom. The molecule has 4 aromatic carbocycles. The molecule has 234 valence electrons. The van der Waals surface area contributed by atoms with Crippen LogP contribution < -0.4 is 4.90 Å². The van der Waals surface area contributed by atoms with Gasteiger partial charge in [-0.3, -0.25) is 4.79 Å². The molecule has 45 heavy (non-hydrogen) atoms. The van der Waals surface area contributed by atoms with Crippen molar-refractivity contribution in [2.45, 2.75) is 55.5 Å². The lowest BCUT2D eigenvalue weighted by Crippen LogP contribution is -2.55. The highest BCUT2D eigenvalue weighted by molar-refractivity contribution is 6.03. The molecule has 2 aliphatic rings. The van der Waals surface area contributed by atoms with Crippen molar-refractivity contribution in [2.24, 2.45) is 5.92 Å². The molecular formula is C36H37NO8. The summed E-state index contributed by atoms with van der Waals surface area (Å²) < 4.78 is 5.82. The first-order chi connectivity index (χ1) is 21.8. The van der Waals surface area contributed by atoms with Crippen molar-refractivity contribution in [3.05, 3.63) is 120 Å². The summed E-state index contributed by atoms with van der Waals surface area (Å²) in [6, 6.07) is 30.5. The van der Waals surface area contributed by atoms with Gasteiger partial charge in [-0.15, -0.1) is 0 Å². The van der Waals surface area contributed by atoms with E-state index in [1.807, 2.05) is 66.7 Å². The van der Waals surface area contributed by atoms with Gasteiger partial charge in [0.1, 0.15) is 36.3 Å². The van der Waals surface area contributed by atoms with Gasteiger partial charge in [0.2, 0.25) is 5.91 Å². The predicted molar refractivity (Wildman–Crippen MR) is 167 cm³/mol. The first-order valence-electron chi connectivity index (χ1n) is 15.1. The van der Waals surface area contributed by atoms with Crippen LogP contribution in [0.25, 0.3) is 11.1 Å². The van der Waals surface area contributed by atoms with E-state index in [4.69, 9.17) is 4.74 Å². The standard InChI is InChI=1S/C36H37NO8/c38-20-30-32(41)33(42)34(43)35(45-30)26-14-8-7-13-24(26)25-16-15-22(19-29(25)40)31-27(17-18-28(39)21-9-3-1-4-10-21)36(44)37(31)23-11-5-2-6-12-23/h1-16,19,27-28,30-35,38-43H,17-18,20H2/t27-,28+,30-,31-,32-,33+,34-,35+/m1/s1. The number of β-lactam (4-membered cyclic amide) rings is 1. The molecule has 6 rings (SSSR count). The maximum absolute atomic E-state index is 13.5. The minimum absolute atomic E-state index is 0.0528. The highest BCUT2D eigenvalue weighted by Crippen LogP contribution is 2.48. The van der Waals surface area contributed by atoms with Crippen molar-refractivity contribution >= 4 is 11.6 Å². The molecule has 0 saturated carbocycles. The lowest BCUT2D eigenvalue weighted by Gasteiger charge is -2.48. The monoisotopic (exact) mass is 611 g/mol. The number of hydrogen-bond donors (Lipinski definition) is 6. The number of ether oxygens (including phenoxy) is 1. The van der Waals surface area contributed by atoms with E-state index in [1.54, 1.807) is 41.3 Å². The summed E-state index contributed by atoms with van der Waals surface area (Å²) in [5, 5.41) is 63.3. The number of carbonyl (C=O) groups excluding carboxylic acids is 1. The van der Waals surface area contributed by atoms with Crippen LogP contribution in [0.1, 0.15) is 47.8 Å². The predicted octanol–water partition coefficient (Wildman–Crippen LogP) is 3.79.